The van der Waals surface area contributed by atoms with Crippen LogP contribution in [-0.2, 0) is 14.8 Å². The topological polar surface area (TPSA) is 71.3 Å². The summed E-state index contributed by atoms with van der Waals surface area (Å²) in [7, 11) is -1.70. The van der Waals surface area contributed by atoms with Crippen molar-refractivity contribution >= 4 is 15.7 Å². The van der Waals surface area contributed by atoms with Gasteiger partial charge in [0.1, 0.15) is 10.5 Å². The van der Waals surface area contributed by atoms with Crippen LogP contribution in [0.4, 0.5) is 5.69 Å². The summed E-state index contributed by atoms with van der Waals surface area (Å²) in [6.07, 6.45) is 2.37. The summed E-state index contributed by atoms with van der Waals surface area (Å²) in [6, 6.07) is 9.33. The van der Waals surface area contributed by atoms with Crippen molar-refractivity contribution in [2.75, 3.05) is 18.9 Å². The van der Waals surface area contributed by atoms with Gasteiger partial charge in [0.15, 0.2) is 0 Å². The molecule has 0 aliphatic rings. The van der Waals surface area contributed by atoms with Crippen molar-refractivity contribution in [1.82, 2.24) is 4.72 Å². The summed E-state index contributed by atoms with van der Waals surface area (Å²) in [5.74, 6) is 0.748. The molecule has 0 bridgehead atoms. The summed E-state index contributed by atoms with van der Waals surface area (Å²) in [4.78, 5) is 0. The van der Waals surface area contributed by atoms with Crippen molar-refractivity contribution in [2.24, 2.45) is 0 Å². The summed E-state index contributed by atoms with van der Waals surface area (Å²) in [5.41, 5.74) is 2.39. The summed E-state index contributed by atoms with van der Waals surface area (Å²) in [6.45, 7) is 5.80. The SMILES string of the molecule is CCCNS(=O)(=O)C(C)(C)c1ccc(-c2ccco2)cc1NC. The molecule has 0 fully saturated rings. The van der Waals surface area contributed by atoms with E-state index in [0.717, 1.165) is 29.0 Å². The van der Waals surface area contributed by atoms with Crippen LogP contribution >= 0.6 is 0 Å². The molecular weight excluding hydrogens is 312 g/mol. The summed E-state index contributed by atoms with van der Waals surface area (Å²) >= 11 is 0. The third-order valence-electron chi connectivity index (χ3n) is 3.96. The van der Waals surface area contributed by atoms with E-state index in [1.165, 1.54) is 0 Å². The zero-order valence-electron chi connectivity index (χ0n) is 14.0. The van der Waals surface area contributed by atoms with Crippen LogP contribution in [0.5, 0.6) is 0 Å². The summed E-state index contributed by atoms with van der Waals surface area (Å²) in [5, 5.41) is 3.10. The Balaban J connectivity index is 2.46. The Morgan fingerprint density at radius 1 is 1.22 bits per heavy atom. The third kappa shape index (κ3) is 3.43. The van der Waals surface area contributed by atoms with Crippen LogP contribution in [0.15, 0.2) is 41.0 Å². The molecule has 0 amide bonds. The van der Waals surface area contributed by atoms with Gasteiger partial charge in [0.2, 0.25) is 10.0 Å². The first-order chi connectivity index (χ1) is 10.8. The fourth-order valence-electron chi connectivity index (χ4n) is 2.43. The Morgan fingerprint density at radius 2 is 1.96 bits per heavy atom. The number of furan rings is 1. The van der Waals surface area contributed by atoms with E-state index in [9.17, 15) is 8.42 Å². The van der Waals surface area contributed by atoms with E-state index in [4.69, 9.17) is 4.42 Å². The molecule has 2 aromatic rings. The smallest absolute Gasteiger partial charge is 0.221 e. The van der Waals surface area contributed by atoms with E-state index in [1.807, 2.05) is 37.3 Å². The molecule has 1 aromatic heterocycles. The highest BCUT2D eigenvalue weighted by Gasteiger charge is 2.37. The Labute approximate surface area is 138 Å². The van der Waals surface area contributed by atoms with Gasteiger partial charge in [0.05, 0.1) is 6.26 Å². The van der Waals surface area contributed by atoms with Crippen molar-refractivity contribution < 1.29 is 12.8 Å². The van der Waals surface area contributed by atoms with Crippen LogP contribution in [0, 0.1) is 0 Å². The Hall–Kier alpha value is -1.79. The van der Waals surface area contributed by atoms with Gasteiger partial charge in [0.25, 0.3) is 0 Å². The lowest BCUT2D eigenvalue weighted by Crippen LogP contribution is -2.40. The number of hydrogen-bond donors (Lipinski definition) is 2. The van der Waals surface area contributed by atoms with Crippen molar-refractivity contribution in [3.05, 3.63) is 42.2 Å². The van der Waals surface area contributed by atoms with E-state index in [0.29, 0.717) is 6.54 Å². The fraction of sp³-hybridized carbons (Fsp3) is 0.412. The number of sulfonamides is 1. The molecule has 0 aliphatic heterocycles. The number of benzene rings is 1. The maximum atomic E-state index is 12.6. The predicted molar refractivity (Wildman–Crippen MR) is 93.9 cm³/mol. The Kier molecular flexibility index (Phi) is 5.16. The van der Waals surface area contributed by atoms with Crippen LogP contribution < -0.4 is 10.0 Å². The number of hydrogen-bond acceptors (Lipinski definition) is 4. The van der Waals surface area contributed by atoms with Crippen LogP contribution in [0.1, 0.15) is 32.8 Å². The van der Waals surface area contributed by atoms with Crippen LogP contribution in [-0.4, -0.2) is 22.0 Å². The zero-order chi connectivity index (χ0) is 17.1. The van der Waals surface area contributed by atoms with E-state index < -0.39 is 14.8 Å². The normalized spacial score (nSPS) is 12.3. The van der Waals surface area contributed by atoms with E-state index in [-0.39, 0.29) is 0 Å². The van der Waals surface area contributed by atoms with Gasteiger partial charge in [-0.2, -0.15) is 0 Å². The summed E-state index contributed by atoms with van der Waals surface area (Å²) < 4.78 is 32.3. The first kappa shape index (κ1) is 17.6. The first-order valence-corrected chi connectivity index (χ1v) is 9.17. The fourth-order valence-corrected chi connectivity index (χ4v) is 3.73. The minimum atomic E-state index is -3.49. The number of rotatable bonds is 7. The molecule has 1 aromatic carbocycles. The van der Waals surface area contributed by atoms with Gasteiger partial charge >= 0.3 is 0 Å². The highest BCUT2D eigenvalue weighted by Crippen LogP contribution is 2.36. The van der Waals surface area contributed by atoms with Crippen molar-refractivity contribution in [3.8, 4) is 11.3 Å². The van der Waals surface area contributed by atoms with Crippen molar-refractivity contribution in [1.29, 1.82) is 0 Å². The second kappa shape index (κ2) is 6.76. The van der Waals surface area contributed by atoms with Crippen molar-refractivity contribution in [3.63, 3.8) is 0 Å². The standard InChI is InChI=1S/C17H24N2O3S/c1-5-10-19-23(20,21)17(2,3)14-9-8-13(12-15(14)18-4)16-7-6-11-22-16/h6-9,11-12,18-19H,5,10H2,1-4H3. The molecular formula is C17H24N2O3S. The van der Waals surface area contributed by atoms with Crippen LogP contribution in [0.3, 0.4) is 0 Å². The van der Waals surface area contributed by atoms with Gasteiger partial charge in [-0.05, 0) is 44.0 Å². The molecule has 23 heavy (non-hydrogen) atoms. The van der Waals surface area contributed by atoms with Gasteiger partial charge in [-0.25, -0.2) is 13.1 Å². The third-order valence-corrected chi connectivity index (χ3v) is 6.10. The average Bonchev–Trinajstić information content (AvgIpc) is 3.06. The van der Waals surface area contributed by atoms with E-state index in [1.54, 1.807) is 27.2 Å². The first-order valence-electron chi connectivity index (χ1n) is 7.69. The molecule has 0 radical (unpaired) electrons. The Morgan fingerprint density at radius 3 is 2.52 bits per heavy atom. The van der Waals surface area contributed by atoms with Gasteiger partial charge in [-0.3, -0.25) is 0 Å². The maximum Gasteiger partial charge on any atom is 0.221 e. The van der Waals surface area contributed by atoms with E-state index >= 15 is 0 Å². The predicted octanol–water partition coefficient (Wildman–Crippen LogP) is 3.55. The van der Waals surface area contributed by atoms with Gasteiger partial charge in [0, 0.05) is 24.8 Å². The largest absolute Gasteiger partial charge is 0.464 e. The molecule has 0 saturated heterocycles. The quantitative estimate of drug-likeness (QED) is 0.811. The molecule has 0 spiro atoms. The second-order valence-electron chi connectivity index (χ2n) is 5.90. The zero-order valence-corrected chi connectivity index (χ0v) is 14.8. The van der Waals surface area contributed by atoms with Gasteiger partial charge in [-0.1, -0.05) is 19.1 Å². The molecule has 2 N–H and O–H groups in total. The minimum Gasteiger partial charge on any atom is -0.464 e. The lowest BCUT2D eigenvalue weighted by Gasteiger charge is -2.28. The van der Waals surface area contributed by atoms with E-state index in [2.05, 4.69) is 10.0 Å². The molecule has 126 valence electrons. The lowest BCUT2D eigenvalue weighted by atomic mass is 9.97. The van der Waals surface area contributed by atoms with Gasteiger partial charge < -0.3 is 9.73 Å². The maximum absolute atomic E-state index is 12.6. The lowest BCUT2D eigenvalue weighted by molar-refractivity contribution is 0.539. The molecule has 0 atom stereocenters. The van der Waals surface area contributed by atoms with Crippen LogP contribution in [0.25, 0.3) is 11.3 Å². The number of nitrogens with one attached hydrogen (secondary N) is 2. The molecule has 0 unspecified atom stereocenters. The monoisotopic (exact) mass is 336 g/mol. The molecule has 1 heterocycles. The molecule has 5 nitrogen and oxygen atoms in total. The number of anilines is 1. The molecule has 6 heteroatoms. The highest BCUT2D eigenvalue weighted by molar-refractivity contribution is 7.90. The minimum absolute atomic E-state index is 0.436. The van der Waals surface area contributed by atoms with Gasteiger partial charge in [-0.15, -0.1) is 0 Å². The second-order valence-corrected chi connectivity index (χ2v) is 8.21. The molecule has 2 rings (SSSR count). The molecule has 0 saturated carbocycles. The van der Waals surface area contributed by atoms with Crippen LogP contribution in [0.2, 0.25) is 0 Å². The Bertz CT molecular complexity index is 750. The highest BCUT2D eigenvalue weighted by atomic mass is 32.2. The average molecular weight is 336 g/mol. The molecule has 0 aliphatic carbocycles. The van der Waals surface area contributed by atoms with Crippen molar-refractivity contribution in [2.45, 2.75) is 31.9 Å².